The van der Waals surface area contributed by atoms with Gasteiger partial charge in [-0.25, -0.2) is 9.97 Å². The fourth-order valence-electron chi connectivity index (χ4n) is 3.47. The Morgan fingerprint density at radius 2 is 2.07 bits per heavy atom. The lowest BCUT2D eigenvalue weighted by Crippen LogP contribution is -2.36. The van der Waals surface area contributed by atoms with E-state index in [1.807, 2.05) is 36.1 Å². The fraction of sp³-hybridized carbons (Fsp3) is 0.300. The van der Waals surface area contributed by atoms with Gasteiger partial charge in [-0.05, 0) is 32.0 Å². The quantitative estimate of drug-likeness (QED) is 0.773. The topological polar surface area (TPSA) is 84.0 Å². The van der Waals surface area contributed by atoms with Gasteiger partial charge in [-0.15, -0.1) is 0 Å². The monoisotopic (exact) mass is 363 g/mol. The third kappa shape index (κ3) is 3.28. The molecule has 0 unspecified atom stereocenters. The van der Waals surface area contributed by atoms with Gasteiger partial charge in [0.15, 0.2) is 0 Å². The highest BCUT2D eigenvalue weighted by molar-refractivity contribution is 5.92. The van der Waals surface area contributed by atoms with Crippen LogP contribution in [0.15, 0.2) is 30.3 Å². The molecule has 1 N–H and O–H groups in total. The highest BCUT2D eigenvalue weighted by Gasteiger charge is 2.27. The molecule has 0 radical (unpaired) electrons. The van der Waals surface area contributed by atoms with Crippen LogP contribution in [0, 0.1) is 13.8 Å². The van der Waals surface area contributed by atoms with Crippen LogP contribution >= 0.6 is 0 Å². The van der Waals surface area contributed by atoms with E-state index in [0.29, 0.717) is 24.6 Å². The number of carbonyl (C=O) groups excluding carboxylic acids is 1. The van der Waals surface area contributed by atoms with Gasteiger partial charge in [0.25, 0.3) is 5.91 Å². The molecule has 4 rings (SSSR count). The molecule has 0 fully saturated rings. The number of nitrogens with zero attached hydrogens (tertiary/aromatic N) is 4. The molecular formula is C20H21N5O2. The van der Waals surface area contributed by atoms with Crippen LogP contribution < -0.4 is 4.74 Å². The smallest absolute Gasteiger partial charge is 0.272 e. The first-order valence-corrected chi connectivity index (χ1v) is 8.87. The summed E-state index contributed by atoms with van der Waals surface area (Å²) in [6, 6.07) is 9.53. The van der Waals surface area contributed by atoms with Gasteiger partial charge in [-0.3, -0.25) is 9.89 Å². The van der Waals surface area contributed by atoms with Gasteiger partial charge in [0.2, 0.25) is 0 Å². The third-order valence-electron chi connectivity index (χ3n) is 4.75. The van der Waals surface area contributed by atoms with Crippen molar-refractivity contribution in [3.05, 3.63) is 58.8 Å². The highest BCUT2D eigenvalue weighted by Crippen LogP contribution is 2.30. The van der Waals surface area contributed by atoms with Gasteiger partial charge in [-0.2, -0.15) is 5.10 Å². The van der Waals surface area contributed by atoms with Crippen molar-refractivity contribution >= 4 is 5.91 Å². The summed E-state index contributed by atoms with van der Waals surface area (Å²) in [5, 5.41) is 7.62. The summed E-state index contributed by atoms with van der Waals surface area (Å²) in [7, 11) is 1.64. The van der Waals surface area contributed by atoms with E-state index in [-0.39, 0.29) is 5.91 Å². The Bertz CT molecular complexity index is 991. The number of rotatable bonds is 3. The normalized spacial score (nSPS) is 13.4. The maximum atomic E-state index is 13.0. The van der Waals surface area contributed by atoms with E-state index in [2.05, 4.69) is 20.2 Å². The Morgan fingerprint density at radius 1 is 1.22 bits per heavy atom. The molecule has 0 saturated heterocycles. The molecule has 138 valence electrons. The first kappa shape index (κ1) is 17.2. The number of methoxy groups -OCH3 is 1. The van der Waals surface area contributed by atoms with Crippen LogP contribution in [0.25, 0.3) is 11.3 Å². The molecule has 3 heterocycles. The number of benzene rings is 1. The van der Waals surface area contributed by atoms with E-state index in [1.54, 1.807) is 20.1 Å². The van der Waals surface area contributed by atoms with Crippen molar-refractivity contribution in [1.82, 2.24) is 25.1 Å². The van der Waals surface area contributed by atoms with Crippen LogP contribution in [0.5, 0.6) is 5.75 Å². The summed E-state index contributed by atoms with van der Waals surface area (Å²) in [5.74, 6) is 1.31. The standard InChI is InChI=1S/C20H21N5O2/c1-12-9-18(22-13(2)21-12)20(26)25-8-7-17-16(11-25)19(24-23-17)14-5-4-6-15(10-14)27-3/h4-6,9-10H,7-8,11H2,1-3H3,(H,23,24). The zero-order valence-corrected chi connectivity index (χ0v) is 15.6. The second kappa shape index (κ2) is 6.83. The average molecular weight is 363 g/mol. The number of fused-ring (bicyclic) bond motifs is 1. The van der Waals surface area contributed by atoms with Crippen LogP contribution in [0.3, 0.4) is 0 Å². The Morgan fingerprint density at radius 3 is 2.85 bits per heavy atom. The molecule has 3 aromatic rings. The number of hydrogen-bond donors (Lipinski definition) is 1. The first-order chi connectivity index (χ1) is 13.0. The second-order valence-corrected chi connectivity index (χ2v) is 6.68. The number of H-pyrrole nitrogens is 1. The zero-order chi connectivity index (χ0) is 19.0. The lowest BCUT2D eigenvalue weighted by Gasteiger charge is -2.27. The predicted octanol–water partition coefficient (Wildman–Crippen LogP) is 2.69. The molecule has 0 atom stereocenters. The Labute approximate surface area is 157 Å². The molecule has 7 nitrogen and oxygen atoms in total. The number of ether oxygens (including phenoxy) is 1. The number of aryl methyl sites for hydroxylation is 2. The summed E-state index contributed by atoms with van der Waals surface area (Å²) < 4.78 is 5.32. The lowest BCUT2D eigenvalue weighted by molar-refractivity contribution is 0.0728. The van der Waals surface area contributed by atoms with Gasteiger partial charge < -0.3 is 9.64 Å². The molecule has 1 aliphatic rings. The summed E-state index contributed by atoms with van der Waals surface area (Å²) in [4.78, 5) is 23.4. The molecule has 0 aliphatic carbocycles. The molecule has 1 aromatic carbocycles. The van der Waals surface area contributed by atoms with Crippen molar-refractivity contribution in [2.45, 2.75) is 26.8 Å². The van der Waals surface area contributed by atoms with Crippen molar-refractivity contribution < 1.29 is 9.53 Å². The van der Waals surface area contributed by atoms with E-state index >= 15 is 0 Å². The summed E-state index contributed by atoms with van der Waals surface area (Å²) >= 11 is 0. The number of aromatic amines is 1. The molecule has 7 heteroatoms. The van der Waals surface area contributed by atoms with Crippen LogP contribution in [-0.2, 0) is 13.0 Å². The van der Waals surface area contributed by atoms with Crippen LogP contribution in [0.4, 0.5) is 0 Å². The number of carbonyl (C=O) groups is 1. The minimum Gasteiger partial charge on any atom is -0.497 e. The van der Waals surface area contributed by atoms with E-state index in [0.717, 1.165) is 40.4 Å². The predicted molar refractivity (Wildman–Crippen MR) is 101 cm³/mol. The molecular weight excluding hydrogens is 342 g/mol. The summed E-state index contributed by atoms with van der Waals surface area (Å²) in [6.45, 7) is 4.80. The number of aromatic nitrogens is 4. The van der Waals surface area contributed by atoms with Crippen molar-refractivity contribution in [3.8, 4) is 17.0 Å². The Balaban J connectivity index is 1.64. The highest BCUT2D eigenvalue weighted by atomic mass is 16.5. The summed E-state index contributed by atoms with van der Waals surface area (Å²) in [6.07, 6.45) is 0.737. The maximum Gasteiger partial charge on any atom is 0.272 e. The lowest BCUT2D eigenvalue weighted by atomic mass is 10.0. The zero-order valence-electron chi connectivity index (χ0n) is 15.6. The average Bonchev–Trinajstić information content (AvgIpc) is 3.10. The van der Waals surface area contributed by atoms with Gasteiger partial charge in [0, 0.05) is 35.5 Å². The maximum absolute atomic E-state index is 13.0. The molecule has 1 amide bonds. The minimum atomic E-state index is -0.0768. The van der Waals surface area contributed by atoms with E-state index in [1.165, 1.54) is 0 Å². The molecule has 27 heavy (non-hydrogen) atoms. The van der Waals surface area contributed by atoms with Gasteiger partial charge in [0.05, 0.1) is 19.3 Å². The van der Waals surface area contributed by atoms with Gasteiger partial charge in [0.1, 0.15) is 17.3 Å². The molecule has 1 aliphatic heterocycles. The largest absolute Gasteiger partial charge is 0.497 e. The second-order valence-electron chi connectivity index (χ2n) is 6.68. The molecule has 0 spiro atoms. The minimum absolute atomic E-state index is 0.0768. The van der Waals surface area contributed by atoms with Crippen molar-refractivity contribution in [2.24, 2.45) is 0 Å². The third-order valence-corrected chi connectivity index (χ3v) is 4.75. The van der Waals surface area contributed by atoms with Gasteiger partial charge >= 0.3 is 0 Å². The Hall–Kier alpha value is -3.22. The fourth-order valence-corrected chi connectivity index (χ4v) is 3.47. The number of hydrogen-bond acceptors (Lipinski definition) is 5. The van der Waals surface area contributed by atoms with Crippen molar-refractivity contribution in [2.75, 3.05) is 13.7 Å². The Kier molecular flexibility index (Phi) is 4.35. The van der Waals surface area contributed by atoms with Crippen LogP contribution in [0.2, 0.25) is 0 Å². The first-order valence-electron chi connectivity index (χ1n) is 8.87. The van der Waals surface area contributed by atoms with E-state index in [4.69, 9.17) is 4.74 Å². The van der Waals surface area contributed by atoms with E-state index < -0.39 is 0 Å². The summed E-state index contributed by atoms with van der Waals surface area (Å²) in [5.41, 5.74) is 5.18. The SMILES string of the molecule is COc1cccc(-c2n[nH]c3c2CN(C(=O)c2cc(C)nc(C)n2)CC3)c1. The van der Waals surface area contributed by atoms with Crippen LogP contribution in [-0.4, -0.2) is 44.6 Å². The van der Waals surface area contributed by atoms with Gasteiger partial charge in [-0.1, -0.05) is 12.1 Å². The molecule has 0 saturated carbocycles. The number of amides is 1. The molecule has 2 aromatic heterocycles. The van der Waals surface area contributed by atoms with E-state index in [9.17, 15) is 4.79 Å². The number of nitrogens with one attached hydrogen (secondary N) is 1. The molecule has 0 bridgehead atoms. The van der Waals surface area contributed by atoms with Crippen LogP contribution in [0.1, 0.15) is 33.3 Å². The van der Waals surface area contributed by atoms with Crippen molar-refractivity contribution in [3.63, 3.8) is 0 Å². The van der Waals surface area contributed by atoms with Crippen molar-refractivity contribution in [1.29, 1.82) is 0 Å².